The number of thiocarbonyl (C=S) groups is 1. The molecule has 1 rings (SSSR count). The first-order valence-corrected chi connectivity index (χ1v) is 7.70. The molecular formula is C13H20N2OS2. The average Bonchev–Trinajstić information content (AvgIpc) is 2.42. The Morgan fingerprint density at radius 1 is 1.28 bits per heavy atom. The van der Waals surface area contributed by atoms with Crippen molar-refractivity contribution >= 4 is 29.1 Å². The summed E-state index contributed by atoms with van der Waals surface area (Å²) in [6.45, 7) is 1.66. The molecular weight excluding hydrogens is 264 g/mol. The molecule has 18 heavy (non-hydrogen) atoms. The van der Waals surface area contributed by atoms with Crippen LogP contribution in [0, 0.1) is 0 Å². The van der Waals surface area contributed by atoms with E-state index in [0.717, 1.165) is 31.0 Å². The number of nitrogens with one attached hydrogen (secondary N) is 2. The summed E-state index contributed by atoms with van der Waals surface area (Å²) in [5.41, 5.74) is 1.18. The third kappa shape index (κ3) is 6.12. The van der Waals surface area contributed by atoms with Gasteiger partial charge in [-0.2, -0.15) is 11.8 Å². The molecule has 0 heterocycles. The van der Waals surface area contributed by atoms with Gasteiger partial charge in [0.1, 0.15) is 5.75 Å². The summed E-state index contributed by atoms with van der Waals surface area (Å²) < 4.78 is 5.11. The second-order valence-corrected chi connectivity index (χ2v) is 5.20. The number of benzene rings is 1. The lowest BCUT2D eigenvalue weighted by molar-refractivity contribution is 0.414. The van der Waals surface area contributed by atoms with Crippen LogP contribution < -0.4 is 15.4 Å². The molecule has 0 aromatic heterocycles. The molecule has 2 N–H and O–H groups in total. The summed E-state index contributed by atoms with van der Waals surface area (Å²) in [6.07, 6.45) is 3.24. The van der Waals surface area contributed by atoms with E-state index in [0.29, 0.717) is 5.11 Å². The van der Waals surface area contributed by atoms with Gasteiger partial charge in [0.2, 0.25) is 0 Å². The minimum atomic E-state index is 0.715. The Balaban J connectivity index is 2.20. The van der Waals surface area contributed by atoms with Crippen molar-refractivity contribution in [3.8, 4) is 5.75 Å². The van der Waals surface area contributed by atoms with Crippen LogP contribution in [-0.2, 0) is 6.54 Å². The van der Waals surface area contributed by atoms with Gasteiger partial charge in [0, 0.05) is 13.1 Å². The molecule has 0 atom stereocenters. The van der Waals surface area contributed by atoms with E-state index in [9.17, 15) is 0 Å². The van der Waals surface area contributed by atoms with Crippen LogP contribution in [0.15, 0.2) is 24.3 Å². The maximum atomic E-state index is 5.20. The molecule has 0 aliphatic carbocycles. The molecule has 5 heteroatoms. The van der Waals surface area contributed by atoms with Crippen molar-refractivity contribution in [2.24, 2.45) is 0 Å². The Kier molecular flexibility index (Phi) is 7.60. The van der Waals surface area contributed by atoms with Crippen molar-refractivity contribution in [3.63, 3.8) is 0 Å². The fourth-order valence-electron chi connectivity index (χ4n) is 1.41. The second-order valence-electron chi connectivity index (χ2n) is 3.80. The summed E-state index contributed by atoms with van der Waals surface area (Å²) in [7, 11) is 1.67. The summed E-state index contributed by atoms with van der Waals surface area (Å²) >= 11 is 7.05. The number of hydrogen-bond donors (Lipinski definition) is 2. The zero-order valence-corrected chi connectivity index (χ0v) is 12.5. The first kappa shape index (κ1) is 15.1. The first-order chi connectivity index (χ1) is 8.76. The van der Waals surface area contributed by atoms with E-state index in [-0.39, 0.29) is 0 Å². The van der Waals surface area contributed by atoms with Gasteiger partial charge in [0.05, 0.1) is 7.11 Å². The highest BCUT2D eigenvalue weighted by Gasteiger charge is 1.97. The molecule has 0 amide bonds. The molecule has 1 aromatic carbocycles. The van der Waals surface area contributed by atoms with Gasteiger partial charge in [-0.05, 0) is 48.3 Å². The Morgan fingerprint density at radius 3 is 2.61 bits per heavy atom. The summed E-state index contributed by atoms with van der Waals surface area (Å²) in [5, 5.41) is 7.09. The van der Waals surface area contributed by atoms with Crippen molar-refractivity contribution in [3.05, 3.63) is 29.8 Å². The molecule has 100 valence electrons. The van der Waals surface area contributed by atoms with Crippen LogP contribution >= 0.6 is 24.0 Å². The number of ether oxygens (including phenoxy) is 1. The van der Waals surface area contributed by atoms with Gasteiger partial charge < -0.3 is 15.4 Å². The SMILES string of the molecule is COc1ccc(CNC(=S)NCCCSC)cc1. The summed E-state index contributed by atoms with van der Waals surface area (Å²) in [4.78, 5) is 0. The van der Waals surface area contributed by atoms with E-state index >= 15 is 0 Å². The third-order valence-electron chi connectivity index (χ3n) is 2.42. The number of thioether (sulfide) groups is 1. The highest BCUT2D eigenvalue weighted by Crippen LogP contribution is 2.10. The number of methoxy groups -OCH3 is 1. The quantitative estimate of drug-likeness (QED) is 0.593. The maximum Gasteiger partial charge on any atom is 0.166 e. The Labute approximate surface area is 119 Å². The van der Waals surface area contributed by atoms with E-state index in [1.54, 1.807) is 7.11 Å². The minimum absolute atomic E-state index is 0.715. The number of hydrogen-bond acceptors (Lipinski definition) is 3. The topological polar surface area (TPSA) is 33.3 Å². The molecule has 0 aliphatic rings. The predicted molar refractivity (Wildman–Crippen MR) is 83.4 cm³/mol. The summed E-state index contributed by atoms with van der Waals surface area (Å²) in [6, 6.07) is 7.96. The van der Waals surface area contributed by atoms with Gasteiger partial charge >= 0.3 is 0 Å². The van der Waals surface area contributed by atoms with E-state index in [4.69, 9.17) is 17.0 Å². The molecule has 0 aliphatic heterocycles. The van der Waals surface area contributed by atoms with Crippen LogP contribution in [-0.4, -0.2) is 30.8 Å². The standard InChI is InChI=1S/C13H20N2OS2/c1-16-12-6-4-11(5-7-12)10-15-13(17)14-8-3-9-18-2/h4-7H,3,8-10H2,1-2H3,(H2,14,15,17). The highest BCUT2D eigenvalue weighted by atomic mass is 32.2. The van der Waals surface area contributed by atoms with Crippen LogP contribution in [0.4, 0.5) is 0 Å². The van der Waals surface area contributed by atoms with Crippen LogP contribution in [0.2, 0.25) is 0 Å². The van der Waals surface area contributed by atoms with Gasteiger partial charge in [-0.1, -0.05) is 12.1 Å². The Hall–Kier alpha value is -0.940. The van der Waals surface area contributed by atoms with Crippen molar-refractivity contribution in [2.45, 2.75) is 13.0 Å². The summed E-state index contributed by atoms with van der Waals surface area (Å²) in [5.74, 6) is 2.03. The fraction of sp³-hybridized carbons (Fsp3) is 0.462. The fourth-order valence-corrected chi connectivity index (χ4v) is 2.01. The minimum Gasteiger partial charge on any atom is -0.497 e. The van der Waals surface area contributed by atoms with Crippen molar-refractivity contribution in [1.82, 2.24) is 10.6 Å². The van der Waals surface area contributed by atoms with Crippen LogP contribution in [0.1, 0.15) is 12.0 Å². The van der Waals surface area contributed by atoms with E-state index in [1.807, 2.05) is 36.0 Å². The lowest BCUT2D eigenvalue weighted by Crippen LogP contribution is -2.35. The molecule has 0 radical (unpaired) electrons. The monoisotopic (exact) mass is 284 g/mol. The van der Waals surface area contributed by atoms with Crippen LogP contribution in [0.25, 0.3) is 0 Å². The highest BCUT2D eigenvalue weighted by molar-refractivity contribution is 7.98. The average molecular weight is 284 g/mol. The lowest BCUT2D eigenvalue weighted by Gasteiger charge is -2.10. The Morgan fingerprint density at radius 2 is 2.00 bits per heavy atom. The molecule has 0 saturated carbocycles. The lowest BCUT2D eigenvalue weighted by atomic mass is 10.2. The van der Waals surface area contributed by atoms with Gasteiger partial charge in [-0.3, -0.25) is 0 Å². The second kappa shape index (κ2) is 9.05. The van der Waals surface area contributed by atoms with E-state index in [2.05, 4.69) is 16.9 Å². The Bertz CT molecular complexity index is 355. The van der Waals surface area contributed by atoms with Crippen molar-refractivity contribution < 1.29 is 4.74 Å². The maximum absolute atomic E-state index is 5.20. The van der Waals surface area contributed by atoms with Gasteiger partial charge in [0.25, 0.3) is 0 Å². The van der Waals surface area contributed by atoms with Gasteiger partial charge in [-0.25, -0.2) is 0 Å². The third-order valence-corrected chi connectivity index (χ3v) is 3.41. The largest absolute Gasteiger partial charge is 0.497 e. The van der Waals surface area contributed by atoms with Crippen LogP contribution in [0.5, 0.6) is 5.75 Å². The molecule has 1 aromatic rings. The zero-order chi connectivity index (χ0) is 13.2. The van der Waals surface area contributed by atoms with Gasteiger partial charge in [-0.15, -0.1) is 0 Å². The molecule has 0 spiro atoms. The zero-order valence-electron chi connectivity index (χ0n) is 10.9. The number of rotatable bonds is 7. The van der Waals surface area contributed by atoms with E-state index in [1.165, 1.54) is 5.56 Å². The molecule has 0 fully saturated rings. The molecule has 0 bridgehead atoms. The molecule has 0 saturated heterocycles. The van der Waals surface area contributed by atoms with Crippen molar-refractivity contribution in [2.75, 3.05) is 25.7 Å². The first-order valence-electron chi connectivity index (χ1n) is 5.90. The van der Waals surface area contributed by atoms with Crippen LogP contribution in [0.3, 0.4) is 0 Å². The van der Waals surface area contributed by atoms with Crippen molar-refractivity contribution in [1.29, 1.82) is 0 Å². The predicted octanol–water partition coefficient (Wildman–Crippen LogP) is 2.41. The smallest absolute Gasteiger partial charge is 0.166 e. The normalized spacial score (nSPS) is 9.89. The molecule has 0 unspecified atom stereocenters. The molecule has 3 nitrogen and oxygen atoms in total. The van der Waals surface area contributed by atoms with E-state index < -0.39 is 0 Å². The van der Waals surface area contributed by atoms with Gasteiger partial charge in [0.15, 0.2) is 5.11 Å².